The first-order chi connectivity index (χ1) is 9.53. The van der Waals surface area contributed by atoms with Gasteiger partial charge in [0, 0.05) is 40.5 Å². The van der Waals surface area contributed by atoms with Crippen molar-refractivity contribution in [2.24, 2.45) is 0 Å². The van der Waals surface area contributed by atoms with E-state index < -0.39 is 0 Å². The summed E-state index contributed by atoms with van der Waals surface area (Å²) in [6.45, 7) is 22.4. The molecule has 1 aromatic rings. The third-order valence-corrected chi connectivity index (χ3v) is 4.62. The molecule has 0 unspecified atom stereocenters. The van der Waals surface area contributed by atoms with E-state index in [9.17, 15) is 0 Å². The van der Waals surface area contributed by atoms with E-state index in [1.807, 2.05) is 17.4 Å². The molecule has 1 heterocycles. The van der Waals surface area contributed by atoms with Crippen LogP contribution in [0, 0.1) is 6.92 Å². The van der Waals surface area contributed by atoms with Crippen molar-refractivity contribution < 1.29 is 0 Å². The van der Waals surface area contributed by atoms with Gasteiger partial charge >= 0.3 is 0 Å². The lowest BCUT2D eigenvalue weighted by atomic mass is 10.0. The summed E-state index contributed by atoms with van der Waals surface area (Å²) in [7, 11) is 0. The lowest BCUT2D eigenvalue weighted by Crippen LogP contribution is -2.40. The molecule has 0 radical (unpaired) electrons. The zero-order valence-electron chi connectivity index (χ0n) is 14.8. The molecule has 0 atom stereocenters. The summed E-state index contributed by atoms with van der Waals surface area (Å²) >= 11 is 1.91. The predicted molar refractivity (Wildman–Crippen MR) is 96.0 cm³/mol. The number of hydrogen-bond donors (Lipinski definition) is 1. The van der Waals surface area contributed by atoms with Gasteiger partial charge in [0.05, 0.1) is 0 Å². The standard InChI is InChI=1S/C18H32N2S/c1-9-10-20(18(6,7)8)13-15-11-16(21-14(15)2)12-19-17(3,4)5/h9,11,19H,1,10,12-13H2,2-8H3. The normalized spacial score (nSPS) is 13.0. The van der Waals surface area contributed by atoms with Crippen LogP contribution in [0.1, 0.15) is 56.9 Å². The minimum Gasteiger partial charge on any atom is -0.307 e. The van der Waals surface area contributed by atoms with E-state index >= 15 is 0 Å². The average molecular weight is 309 g/mol. The van der Waals surface area contributed by atoms with Gasteiger partial charge in [0.1, 0.15) is 0 Å². The maximum Gasteiger partial charge on any atom is 0.0304 e. The van der Waals surface area contributed by atoms with Crippen molar-refractivity contribution in [3.8, 4) is 0 Å². The lowest BCUT2D eigenvalue weighted by Gasteiger charge is -2.34. The smallest absolute Gasteiger partial charge is 0.0304 e. The summed E-state index contributed by atoms with van der Waals surface area (Å²) in [5, 5.41) is 3.57. The molecule has 0 saturated carbocycles. The average Bonchev–Trinajstić information content (AvgIpc) is 2.65. The molecule has 0 aliphatic rings. The molecule has 0 spiro atoms. The Kier molecular flexibility index (Phi) is 6.21. The van der Waals surface area contributed by atoms with Crippen molar-refractivity contribution in [2.75, 3.05) is 6.54 Å². The summed E-state index contributed by atoms with van der Waals surface area (Å²) in [5.41, 5.74) is 1.77. The van der Waals surface area contributed by atoms with Gasteiger partial charge < -0.3 is 5.32 Å². The molecule has 3 heteroatoms. The van der Waals surface area contributed by atoms with Crippen LogP contribution in [0.5, 0.6) is 0 Å². The summed E-state index contributed by atoms with van der Waals surface area (Å²) in [6.07, 6.45) is 2.00. The number of rotatable bonds is 6. The Morgan fingerprint density at radius 2 is 1.86 bits per heavy atom. The molecule has 0 fully saturated rings. The summed E-state index contributed by atoms with van der Waals surface area (Å²) in [4.78, 5) is 5.32. The highest BCUT2D eigenvalue weighted by molar-refractivity contribution is 7.12. The fourth-order valence-corrected chi connectivity index (χ4v) is 3.11. The molecular weight excluding hydrogens is 276 g/mol. The van der Waals surface area contributed by atoms with Crippen LogP contribution >= 0.6 is 11.3 Å². The Morgan fingerprint density at radius 3 is 2.33 bits per heavy atom. The van der Waals surface area contributed by atoms with Crippen LogP contribution < -0.4 is 5.32 Å². The van der Waals surface area contributed by atoms with E-state index in [4.69, 9.17) is 0 Å². The van der Waals surface area contributed by atoms with E-state index in [1.54, 1.807) is 0 Å². The van der Waals surface area contributed by atoms with Gasteiger partial charge in [-0.15, -0.1) is 17.9 Å². The second-order valence-corrected chi connectivity index (χ2v) is 9.08. The zero-order valence-corrected chi connectivity index (χ0v) is 15.7. The van der Waals surface area contributed by atoms with E-state index in [1.165, 1.54) is 15.3 Å². The highest BCUT2D eigenvalue weighted by atomic mass is 32.1. The summed E-state index contributed by atoms with van der Waals surface area (Å²) < 4.78 is 0. The minimum atomic E-state index is 0.159. The topological polar surface area (TPSA) is 15.3 Å². The molecule has 0 amide bonds. The highest BCUT2D eigenvalue weighted by Gasteiger charge is 2.21. The molecule has 0 aliphatic carbocycles. The number of aryl methyl sites for hydroxylation is 1. The SMILES string of the molecule is C=CCN(Cc1cc(CNC(C)(C)C)sc1C)C(C)(C)C. The van der Waals surface area contributed by atoms with E-state index in [0.717, 1.165) is 19.6 Å². The third-order valence-electron chi connectivity index (χ3n) is 3.52. The van der Waals surface area contributed by atoms with Gasteiger partial charge in [0.2, 0.25) is 0 Å². The number of thiophene rings is 1. The number of nitrogens with one attached hydrogen (secondary N) is 1. The van der Waals surface area contributed by atoms with Crippen molar-refractivity contribution in [3.05, 3.63) is 34.0 Å². The first-order valence-electron chi connectivity index (χ1n) is 7.72. The third kappa shape index (κ3) is 6.33. The van der Waals surface area contributed by atoms with Crippen LogP contribution in [0.2, 0.25) is 0 Å². The predicted octanol–water partition coefficient (Wildman–Crippen LogP) is 4.73. The van der Waals surface area contributed by atoms with Crippen LogP contribution in [0.4, 0.5) is 0 Å². The molecule has 21 heavy (non-hydrogen) atoms. The molecule has 0 bridgehead atoms. The van der Waals surface area contributed by atoms with Gasteiger partial charge in [-0.1, -0.05) is 6.08 Å². The molecule has 0 saturated heterocycles. The Bertz CT molecular complexity index is 461. The molecule has 1 aromatic heterocycles. The van der Waals surface area contributed by atoms with Crippen LogP contribution in [0.15, 0.2) is 18.7 Å². The quantitative estimate of drug-likeness (QED) is 0.764. The van der Waals surface area contributed by atoms with Gasteiger partial charge in [0.25, 0.3) is 0 Å². The van der Waals surface area contributed by atoms with E-state index in [2.05, 4.69) is 71.3 Å². The van der Waals surface area contributed by atoms with Crippen LogP contribution in [-0.4, -0.2) is 22.5 Å². The Morgan fingerprint density at radius 1 is 1.24 bits per heavy atom. The van der Waals surface area contributed by atoms with Crippen molar-refractivity contribution in [1.82, 2.24) is 10.2 Å². The summed E-state index contributed by atoms with van der Waals surface area (Å²) in [6, 6.07) is 2.36. The monoisotopic (exact) mass is 308 g/mol. The molecule has 0 aliphatic heterocycles. The molecule has 120 valence electrons. The van der Waals surface area contributed by atoms with Crippen LogP contribution in [-0.2, 0) is 13.1 Å². The highest BCUT2D eigenvalue weighted by Crippen LogP contribution is 2.26. The van der Waals surface area contributed by atoms with Gasteiger partial charge in [-0.3, -0.25) is 4.90 Å². The van der Waals surface area contributed by atoms with Gasteiger partial charge in [-0.25, -0.2) is 0 Å². The largest absolute Gasteiger partial charge is 0.307 e. The first-order valence-corrected chi connectivity index (χ1v) is 8.54. The Labute approximate surface area is 135 Å². The van der Waals surface area contributed by atoms with Gasteiger partial charge in [-0.2, -0.15) is 0 Å². The van der Waals surface area contributed by atoms with E-state index in [0.29, 0.717) is 0 Å². The van der Waals surface area contributed by atoms with Gasteiger partial charge in [-0.05, 0) is 60.1 Å². The van der Waals surface area contributed by atoms with Crippen molar-refractivity contribution in [3.63, 3.8) is 0 Å². The first kappa shape index (κ1) is 18.4. The molecule has 1 N–H and O–H groups in total. The second kappa shape index (κ2) is 7.08. The van der Waals surface area contributed by atoms with E-state index in [-0.39, 0.29) is 11.1 Å². The Hall–Kier alpha value is -0.640. The fraction of sp³-hybridized carbons (Fsp3) is 0.667. The fourth-order valence-electron chi connectivity index (χ4n) is 2.12. The minimum absolute atomic E-state index is 0.159. The molecule has 1 rings (SSSR count). The molecule has 2 nitrogen and oxygen atoms in total. The molecule has 0 aromatic carbocycles. The maximum absolute atomic E-state index is 3.89. The zero-order chi connectivity index (χ0) is 16.3. The Balaban J connectivity index is 2.79. The lowest BCUT2D eigenvalue weighted by molar-refractivity contribution is 0.145. The number of nitrogens with zero attached hydrogens (tertiary/aromatic N) is 1. The van der Waals surface area contributed by atoms with Crippen molar-refractivity contribution in [1.29, 1.82) is 0 Å². The van der Waals surface area contributed by atoms with Crippen molar-refractivity contribution in [2.45, 2.75) is 72.6 Å². The van der Waals surface area contributed by atoms with Crippen molar-refractivity contribution >= 4 is 11.3 Å². The van der Waals surface area contributed by atoms with Crippen LogP contribution in [0.25, 0.3) is 0 Å². The maximum atomic E-state index is 3.89. The summed E-state index contributed by atoms with van der Waals surface area (Å²) in [5.74, 6) is 0. The van der Waals surface area contributed by atoms with Gasteiger partial charge in [0.15, 0.2) is 0 Å². The molecular formula is C18H32N2S. The second-order valence-electron chi connectivity index (χ2n) is 7.74. The van der Waals surface area contributed by atoms with Crippen LogP contribution in [0.3, 0.4) is 0 Å². The number of hydrogen-bond acceptors (Lipinski definition) is 3.